The molecule has 6 heteroatoms. The summed E-state index contributed by atoms with van der Waals surface area (Å²) in [6.07, 6.45) is -0.218. The lowest BCUT2D eigenvalue weighted by Crippen LogP contribution is -2.62. The Morgan fingerprint density at radius 2 is 2.00 bits per heavy atom. The lowest BCUT2D eigenvalue weighted by Gasteiger charge is -2.44. The molecule has 3 atom stereocenters. The van der Waals surface area contributed by atoms with Gasteiger partial charge in [-0.1, -0.05) is 33.9 Å². The van der Waals surface area contributed by atoms with Gasteiger partial charge in [0, 0.05) is 12.7 Å². The van der Waals surface area contributed by atoms with E-state index in [2.05, 4.69) is 39.2 Å². The Kier molecular flexibility index (Phi) is 4.46. The maximum Gasteiger partial charge on any atom is 0.304 e. The smallest absolute Gasteiger partial charge is 0.304 e. The summed E-state index contributed by atoms with van der Waals surface area (Å²) in [5, 5.41) is 13.0. The highest BCUT2D eigenvalue weighted by Gasteiger charge is 2.48. The normalized spacial score (nSPS) is 25.3. The van der Waals surface area contributed by atoms with Crippen LogP contribution in [0.2, 0.25) is 18.1 Å². The maximum atomic E-state index is 11.5. The van der Waals surface area contributed by atoms with Gasteiger partial charge in [0.1, 0.15) is 0 Å². The number of ether oxygens (including phenoxy) is 1. The average Bonchev–Trinajstić information content (AvgIpc) is 2.22. The summed E-state index contributed by atoms with van der Waals surface area (Å²) < 4.78 is 5.00. The summed E-state index contributed by atoms with van der Waals surface area (Å²) in [5.74, 6) is -0.992. The highest BCUT2D eigenvalue weighted by atomic mass is 28.3. The third-order valence-electron chi connectivity index (χ3n) is 4.52. The topological polar surface area (TPSA) is 75.6 Å². The second-order valence-electron chi connectivity index (χ2n) is 6.87. The van der Waals surface area contributed by atoms with E-state index in [1.165, 1.54) is 6.92 Å². The van der Waals surface area contributed by atoms with E-state index >= 15 is 0 Å². The van der Waals surface area contributed by atoms with E-state index in [4.69, 9.17) is 4.74 Å². The standard InChI is InChI=1S/C13H25NO4Si/c1-8(15)18-12-9(11(17)14-12)7-10(16)19(5,6)13(2,3)4/h9-10,12,16H,7H2,1-6H3,(H,14,17)/t9-,10?,12-/m1/s1. The highest BCUT2D eigenvalue weighted by Crippen LogP contribution is 2.40. The number of amides is 1. The number of hydrogen-bond acceptors (Lipinski definition) is 4. The first-order chi connectivity index (χ1) is 8.46. The minimum Gasteiger partial charge on any atom is -0.441 e. The van der Waals surface area contributed by atoms with Crippen LogP contribution in [-0.4, -0.2) is 37.0 Å². The number of hydrogen-bond donors (Lipinski definition) is 2. The van der Waals surface area contributed by atoms with Gasteiger partial charge in [-0.2, -0.15) is 0 Å². The molecular formula is C13H25NO4Si. The Labute approximate surface area is 115 Å². The zero-order valence-corrected chi connectivity index (χ0v) is 13.6. The number of rotatable bonds is 4. The molecular weight excluding hydrogens is 262 g/mol. The molecule has 1 amide bonds. The molecule has 1 aliphatic rings. The van der Waals surface area contributed by atoms with Crippen molar-refractivity contribution in [2.24, 2.45) is 5.92 Å². The molecule has 0 spiro atoms. The van der Waals surface area contributed by atoms with Crippen LogP contribution in [0.25, 0.3) is 0 Å². The van der Waals surface area contributed by atoms with Gasteiger partial charge in [0.15, 0.2) is 6.23 Å². The fraction of sp³-hybridized carbons (Fsp3) is 0.846. The summed E-state index contributed by atoms with van der Waals surface area (Å²) in [6.45, 7) is 11.9. The van der Waals surface area contributed by atoms with Crippen LogP contribution in [0.1, 0.15) is 34.1 Å². The number of β-lactam (4-membered cyclic amide) rings is 1. The van der Waals surface area contributed by atoms with Crippen LogP contribution in [0.15, 0.2) is 0 Å². The molecule has 19 heavy (non-hydrogen) atoms. The van der Waals surface area contributed by atoms with E-state index in [0.717, 1.165) is 0 Å². The number of aliphatic hydroxyl groups is 1. The molecule has 1 aliphatic heterocycles. The minimum atomic E-state index is -1.92. The first kappa shape index (κ1) is 16.2. The molecule has 0 aliphatic carbocycles. The first-order valence-corrected chi connectivity index (χ1v) is 9.70. The van der Waals surface area contributed by atoms with Gasteiger partial charge < -0.3 is 15.2 Å². The first-order valence-electron chi connectivity index (χ1n) is 6.62. The van der Waals surface area contributed by atoms with Crippen LogP contribution in [0.4, 0.5) is 0 Å². The molecule has 0 aromatic carbocycles. The van der Waals surface area contributed by atoms with Crippen molar-refractivity contribution >= 4 is 20.0 Å². The molecule has 1 rings (SSSR count). The van der Waals surface area contributed by atoms with Crippen LogP contribution in [-0.2, 0) is 14.3 Å². The molecule has 2 N–H and O–H groups in total. The van der Waals surface area contributed by atoms with Crippen molar-refractivity contribution < 1.29 is 19.4 Å². The van der Waals surface area contributed by atoms with Crippen molar-refractivity contribution in [3.8, 4) is 0 Å². The van der Waals surface area contributed by atoms with E-state index in [1.807, 2.05) is 0 Å². The van der Waals surface area contributed by atoms with Crippen LogP contribution < -0.4 is 5.32 Å². The van der Waals surface area contributed by atoms with Crippen molar-refractivity contribution in [3.63, 3.8) is 0 Å². The molecule has 1 unspecified atom stereocenters. The van der Waals surface area contributed by atoms with Crippen molar-refractivity contribution in [2.45, 2.75) is 64.2 Å². The lowest BCUT2D eigenvalue weighted by molar-refractivity contribution is -0.168. The Morgan fingerprint density at radius 1 is 1.47 bits per heavy atom. The summed E-state index contributed by atoms with van der Waals surface area (Å²) >= 11 is 0. The maximum absolute atomic E-state index is 11.5. The predicted octanol–water partition coefficient (Wildman–Crippen LogP) is 1.42. The minimum absolute atomic E-state index is 0.0452. The van der Waals surface area contributed by atoms with Gasteiger partial charge in [0.2, 0.25) is 5.91 Å². The van der Waals surface area contributed by atoms with Gasteiger partial charge in [0.05, 0.1) is 14.0 Å². The average molecular weight is 287 g/mol. The number of carbonyl (C=O) groups excluding carboxylic acids is 2. The number of nitrogens with one attached hydrogen (secondary N) is 1. The van der Waals surface area contributed by atoms with Gasteiger partial charge in [-0.3, -0.25) is 9.59 Å². The molecule has 0 aromatic rings. The SMILES string of the molecule is CC(=O)O[C@H]1NC(=O)[C@H]1CC(O)[Si](C)(C)C(C)(C)C. The monoisotopic (exact) mass is 287 g/mol. The number of aliphatic hydroxyl groups excluding tert-OH is 1. The lowest BCUT2D eigenvalue weighted by atomic mass is 9.95. The number of esters is 1. The van der Waals surface area contributed by atoms with Gasteiger partial charge in [0.25, 0.3) is 0 Å². The van der Waals surface area contributed by atoms with Crippen LogP contribution in [0, 0.1) is 5.92 Å². The van der Waals surface area contributed by atoms with E-state index in [0.29, 0.717) is 6.42 Å². The summed E-state index contributed by atoms with van der Waals surface area (Å²) in [4.78, 5) is 22.5. The second kappa shape index (κ2) is 5.24. The third kappa shape index (κ3) is 3.36. The van der Waals surface area contributed by atoms with Crippen molar-refractivity contribution in [1.29, 1.82) is 0 Å². The molecule has 1 fully saturated rings. The van der Waals surface area contributed by atoms with Crippen LogP contribution >= 0.6 is 0 Å². The summed E-state index contributed by atoms with van der Waals surface area (Å²) in [6, 6.07) is 0. The van der Waals surface area contributed by atoms with E-state index < -0.39 is 31.9 Å². The molecule has 1 heterocycles. The third-order valence-corrected chi connectivity index (χ3v) is 10.3. The fourth-order valence-corrected chi connectivity index (χ4v) is 3.79. The van der Waals surface area contributed by atoms with Crippen LogP contribution in [0.5, 0.6) is 0 Å². The Bertz CT molecular complexity index is 375. The zero-order chi connectivity index (χ0) is 15.0. The number of carbonyl (C=O) groups is 2. The van der Waals surface area contributed by atoms with Crippen molar-refractivity contribution in [2.75, 3.05) is 0 Å². The molecule has 0 radical (unpaired) electrons. The summed E-state index contributed by atoms with van der Waals surface area (Å²) in [5.41, 5.74) is -0.499. The summed E-state index contributed by atoms with van der Waals surface area (Å²) in [7, 11) is -1.92. The van der Waals surface area contributed by atoms with E-state index in [1.54, 1.807) is 0 Å². The van der Waals surface area contributed by atoms with Gasteiger partial charge in [-0.05, 0) is 11.5 Å². The Morgan fingerprint density at radius 3 is 2.37 bits per heavy atom. The Balaban J connectivity index is 2.68. The quantitative estimate of drug-likeness (QED) is 0.466. The van der Waals surface area contributed by atoms with E-state index in [-0.39, 0.29) is 10.9 Å². The second-order valence-corrected chi connectivity index (χ2v) is 12.5. The van der Waals surface area contributed by atoms with E-state index in [9.17, 15) is 14.7 Å². The molecule has 110 valence electrons. The van der Waals surface area contributed by atoms with Crippen molar-refractivity contribution in [3.05, 3.63) is 0 Å². The molecule has 0 aromatic heterocycles. The highest BCUT2D eigenvalue weighted by molar-refractivity contribution is 6.81. The molecule has 0 saturated carbocycles. The van der Waals surface area contributed by atoms with Crippen molar-refractivity contribution in [1.82, 2.24) is 5.32 Å². The largest absolute Gasteiger partial charge is 0.441 e. The zero-order valence-electron chi connectivity index (χ0n) is 12.6. The fourth-order valence-electron chi connectivity index (χ4n) is 1.95. The predicted molar refractivity (Wildman–Crippen MR) is 75.0 cm³/mol. The van der Waals surface area contributed by atoms with Gasteiger partial charge in [-0.25, -0.2) is 0 Å². The molecule has 1 saturated heterocycles. The molecule has 0 bridgehead atoms. The molecule has 5 nitrogen and oxygen atoms in total. The van der Waals surface area contributed by atoms with Crippen LogP contribution in [0.3, 0.4) is 0 Å². The van der Waals surface area contributed by atoms with Gasteiger partial charge in [-0.15, -0.1) is 0 Å². The Hall–Kier alpha value is -0.883. The van der Waals surface area contributed by atoms with Gasteiger partial charge >= 0.3 is 5.97 Å².